The summed E-state index contributed by atoms with van der Waals surface area (Å²) >= 11 is 0. The van der Waals surface area contributed by atoms with E-state index < -0.39 is 0 Å². The van der Waals surface area contributed by atoms with Gasteiger partial charge in [0.15, 0.2) is 0 Å². The van der Waals surface area contributed by atoms with Crippen LogP contribution in [0.15, 0.2) is 42.7 Å². The van der Waals surface area contributed by atoms with Crippen molar-refractivity contribution in [1.29, 1.82) is 0 Å². The second-order valence-electron chi connectivity index (χ2n) is 6.58. The Hall–Kier alpha value is -2.40. The van der Waals surface area contributed by atoms with Crippen molar-refractivity contribution in [2.24, 2.45) is 0 Å². The molecule has 0 spiro atoms. The van der Waals surface area contributed by atoms with Crippen molar-refractivity contribution in [3.05, 3.63) is 48.3 Å². The Morgan fingerprint density at radius 3 is 2.79 bits per heavy atom. The predicted octanol–water partition coefficient (Wildman–Crippen LogP) is 3.44. The first-order valence-corrected chi connectivity index (χ1v) is 8.55. The molecule has 0 aliphatic heterocycles. The molecular weight excluding hydrogens is 300 g/mol. The normalized spacial score (nSPS) is 21.1. The number of aryl methyl sites for hydroxylation is 1. The maximum atomic E-state index is 9.62. The van der Waals surface area contributed by atoms with Crippen molar-refractivity contribution in [2.45, 2.75) is 44.8 Å². The number of nitrogens with one attached hydrogen (secondary N) is 1. The van der Waals surface area contributed by atoms with E-state index >= 15 is 0 Å². The molecule has 3 aromatic rings. The molecule has 1 saturated carbocycles. The summed E-state index contributed by atoms with van der Waals surface area (Å²) in [5.74, 6) is 1.52. The molecule has 124 valence electrons. The third kappa shape index (κ3) is 2.87. The summed E-state index contributed by atoms with van der Waals surface area (Å²) < 4.78 is 2.10. The van der Waals surface area contributed by atoms with Gasteiger partial charge in [-0.2, -0.15) is 4.98 Å². The van der Waals surface area contributed by atoms with Crippen molar-refractivity contribution in [3.8, 4) is 5.82 Å². The second kappa shape index (κ2) is 6.24. The molecule has 0 unspecified atom stereocenters. The number of benzene rings is 1. The standard InChI is InChI=1S/C19H22N4O/c1-13-3-2-4-17-16(13)10-12-23(17)18-9-11-20-19(22-18)21-14-5-7-15(24)8-6-14/h2-4,9-12,14-15,24H,5-8H2,1H3,(H,20,21,22)/t14-,15-. The van der Waals surface area contributed by atoms with Crippen molar-refractivity contribution >= 4 is 16.9 Å². The Morgan fingerprint density at radius 2 is 1.96 bits per heavy atom. The summed E-state index contributed by atoms with van der Waals surface area (Å²) in [4.78, 5) is 9.05. The summed E-state index contributed by atoms with van der Waals surface area (Å²) in [6.45, 7) is 2.12. The lowest BCUT2D eigenvalue weighted by Gasteiger charge is -2.26. The van der Waals surface area contributed by atoms with E-state index in [1.54, 1.807) is 6.20 Å². The van der Waals surface area contributed by atoms with Crippen LogP contribution in [0.25, 0.3) is 16.7 Å². The fraction of sp³-hybridized carbons (Fsp3) is 0.368. The predicted molar refractivity (Wildman–Crippen MR) is 95.5 cm³/mol. The summed E-state index contributed by atoms with van der Waals surface area (Å²) in [6.07, 6.45) is 7.31. The van der Waals surface area contributed by atoms with Crippen LogP contribution < -0.4 is 5.32 Å². The SMILES string of the molecule is Cc1cccc2c1ccn2-c1ccnc(N[C@H]2CC[C@H](O)CC2)n1. The largest absolute Gasteiger partial charge is 0.393 e. The molecule has 0 amide bonds. The van der Waals surface area contributed by atoms with Gasteiger partial charge in [-0.25, -0.2) is 4.98 Å². The Balaban J connectivity index is 1.61. The zero-order valence-corrected chi connectivity index (χ0v) is 13.8. The van der Waals surface area contributed by atoms with Crippen LogP contribution in [-0.4, -0.2) is 31.8 Å². The van der Waals surface area contributed by atoms with Gasteiger partial charge in [0.2, 0.25) is 5.95 Å². The van der Waals surface area contributed by atoms with Crippen molar-refractivity contribution in [3.63, 3.8) is 0 Å². The van der Waals surface area contributed by atoms with Gasteiger partial charge in [0, 0.05) is 23.8 Å². The van der Waals surface area contributed by atoms with Gasteiger partial charge in [0.1, 0.15) is 5.82 Å². The quantitative estimate of drug-likeness (QED) is 0.775. The first kappa shape index (κ1) is 15.1. The summed E-state index contributed by atoms with van der Waals surface area (Å²) in [6, 6.07) is 10.7. The van der Waals surface area contributed by atoms with Gasteiger partial charge in [0.05, 0.1) is 11.6 Å². The highest BCUT2D eigenvalue weighted by Crippen LogP contribution is 2.24. The molecule has 1 aliphatic rings. The minimum atomic E-state index is -0.148. The molecule has 5 heteroatoms. The van der Waals surface area contributed by atoms with Crippen LogP contribution in [0.5, 0.6) is 0 Å². The molecule has 4 rings (SSSR count). The molecule has 2 aromatic heterocycles. The van der Waals surface area contributed by atoms with Crippen LogP contribution >= 0.6 is 0 Å². The van der Waals surface area contributed by atoms with Crippen molar-refractivity contribution < 1.29 is 5.11 Å². The van der Waals surface area contributed by atoms with Crippen molar-refractivity contribution in [2.75, 3.05) is 5.32 Å². The average Bonchev–Trinajstić information content (AvgIpc) is 3.03. The Kier molecular flexibility index (Phi) is 3.94. The van der Waals surface area contributed by atoms with Crippen LogP contribution in [0.3, 0.4) is 0 Å². The van der Waals surface area contributed by atoms with Crippen molar-refractivity contribution in [1.82, 2.24) is 14.5 Å². The van der Waals surface area contributed by atoms with Gasteiger partial charge in [-0.1, -0.05) is 12.1 Å². The number of fused-ring (bicyclic) bond motifs is 1. The minimum absolute atomic E-state index is 0.148. The first-order valence-electron chi connectivity index (χ1n) is 8.55. The summed E-state index contributed by atoms with van der Waals surface area (Å²) in [7, 11) is 0. The van der Waals surface area contributed by atoms with E-state index in [1.807, 2.05) is 6.07 Å². The molecule has 2 heterocycles. The number of aromatic nitrogens is 3. The second-order valence-corrected chi connectivity index (χ2v) is 6.58. The smallest absolute Gasteiger partial charge is 0.224 e. The molecule has 0 saturated heterocycles. The number of hydrogen-bond donors (Lipinski definition) is 2. The Bertz CT molecular complexity index is 849. The van der Waals surface area contributed by atoms with Gasteiger partial charge in [-0.3, -0.25) is 0 Å². The zero-order valence-electron chi connectivity index (χ0n) is 13.8. The molecule has 24 heavy (non-hydrogen) atoms. The Morgan fingerprint density at radius 1 is 1.12 bits per heavy atom. The first-order chi connectivity index (χ1) is 11.7. The molecule has 1 fully saturated rings. The highest BCUT2D eigenvalue weighted by molar-refractivity contribution is 5.84. The van der Waals surface area contributed by atoms with Gasteiger partial charge < -0.3 is 15.0 Å². The fourth-order valence-corrected chi connectivity index (χ4v) is 3.48. The third-order valence-corrected chi connectivity index (χ3v) is 4.87. The van der Waals surface area contributed by atoms with E-state index in [9.17, 15) is 5.11 Å². The fourth-order valence-electron chi connectivity index (χ4n) is 3.48. The molecule has 0 radical (unpaired) electrons. The van der Waals surface area contributed by atoms with E-state index in [4.69, 9.17) is 0 Å². The van der Waals surface area contributed by atoms with E-state index in [0.717, 1.165) is 37.0 Å². The molecule has 1 aromatic carbocycles. The van der Waals surface area contributed by atoms with Crippen LogP contribution in [-0.2, 0) is 0 Å². The lowest BCUT2D eigenvalue weighted by molar-refractivity contribution is 0.126. The number of nitrogens with zero attached hydrogens (tertiary/aromatic N) is 3. The van der Waals surface area contributed by atoms with Crippen LogP contribution in [0.1, 0.15) is 31.2 Å². The van der Waals surface area contributed by atoms with E-state index in [0.29, 0.717) is 12.0 Å². The molecular formula is C19H22N4O. The third-order valence-electron chi connectivity index (χ3n) is 4.87. The number of aliphatic hydroxyl groups excluding tert-OH is 1. The van der Waals surface area contributed by atoms with Crippen LogP contribution in [0.4, 0.5) is 5.95 Å². The van der Waals surface area contributed by atoms with Crippen LogP contribution in [0.2, 0.25) is 0 Å². The molecule has 1 aliphatic carbocycles. The Labute approximate surface area is 141 Å². The van der Waals surface area contributed by atoms with Gasteiger partial charge in [0.25, 0.3) is 0 Å². The number of anilines is 1. The number of rotatable bonds is 3. The monoisotopic (exact) mass is 322 g/mol. The molecule has 5 nitrogen and oxygen atoms in total. The number of aliphatic hydroxyl groups is 1. The number of hydrogen-bond acceptors (Lipinski definition) is 4. The summed E-state index contributed by atoms with van der Waals surface area (Å²) in [5, 5.41) is 14.3. The highest BCUT2D eigenvalue weighted by atomic mass is 16.3. The maximum Gasteiger partial charge on any atom is 0.224 e. The van der Waals surface area contributed by atoms with Gasteiger partial charge in [-0.15, -0.1) is 0 Å². The minimum Gasteiger partial charge on any atom is -0.393 e. The van der Waals surface area contributed by atoms with E-state index in [1.165, 1.54) is 10.9 Å². The lowest BCUT2D eigenvalue weighted by Crippen LogP contribution is -2.29. The topological polar surface area (TPSA) is 63.0 Å². The van der Waals surface area contributed by atoms with Gasteiger partial charge in [-0.05, 0) is 56.4 Å². The molecule has 0 bridgehead atoms. The highest BCUT2D eigenvalue weighted by Gasteiger charge is 2.20. The average molecular weight is 322 g/mol. The summed E-state index contributed by atoms with van der Waals surface area (Å²) in [5.41, 5.74) is 2.42. The van der Waals surface area contributed by atoms with E-state index in [2.05, 4.69) is 57.2 Å². The maximum absolute atomic E-state index is 9.62. The van der Waals surface area contributed by atoms with Crippen LogP contribution in [0, 0.1) is 6.92 Å². The lowest BCUT2D eigenvalue weighted by atomic mass is 9.93. The molecule has 2 N–H and O–H groups in total. The van der Waals surface area contributed by atoms with Gasteiger partial charge >= 0.3 is 0 Å². The van der Waals surface area contributed by atoms with E-state index in [-0.39, 0.29) is 6.10 Å². The zero-order chi connectivity index (χ0) is 16.5. The molecule has 0 atom stereocenters.